The molecule has 1 aromatic rings. The minimum Gasteiger partial charge on any atom is -0.462 e. The SMILES string of the molecule is CC/C=C\C/C=C\C/C=C\C/C=C\CCCCCCC(=O)OC[C@H](COP(=O)(O)OP(=O)(O)OC[C@H]1O[C@@H](n2ccc(N)nc2=O)[C@H](O)[C@@H]1O)OC(=O)CC/C=C\C/C=C\C/C=C\C=C\C(O)C/C=C\C/C=C\CC. The summed E-state index contributed by atoms with van der Waals surface area (Å²) in [7, 11) is -10.9. The van der Waals surface area contributed by atoms with Crippen LogP contribution in [0.25, 0.3) is 0 Å². The van der Waals surface area contributed by atoms with Gasteiger partial charge in [-0.3, -0.25) is 23.2 Å². The number of aliphatic hydroxyl groups is 3. The van der Waals surface area contributed by atoms with Crippen LogP contribution in [0.5, 0.6) is 0 Å². The van der Waals surface area contributed by atoms with Crippen molar-refractivity contribution < 1.29 is 71.4 Å². The Balaban J connectivity index is 1.86. The molecule has 21 heteroatoms. The number of aromatic nitrogens is 2. The first-order valence-corrected chi connectivity index (χ1v) is 28.6. The zero-order chi connectivity index (χ0) is 55.0. The Hall–Kier alpha value is -4.88. The number of rotatable bonds is 40. The van der Waals surface area contributed by atoms with Gasteiger partial charge < -0.3 is 45.1 Å². The molecule has 1 aromatic heterocycles. The number of carbonyl (C=O) groups excluding carboxylic acids is 2. The predicted molar refractivity (Wildman–Crippen MR) is 290 cm³/mol. The van der Waals surface area contributed by atoms with E-state index in [9.17, 15) is 48.6 Å². The van der Waals surface area contributed by atoms with Gasteiger partial charge in [0.2, 0.25) is 0 Å². The molecule has 0 saturated carbocycles. The van der Waals surface area contributed by atoms with Gasteiger partial charge in [0.05, 0.1) is 19.3 Å². The van der Waals surface area contributed by atoms with Gasteiger partial charge in [0.15, 0.2) is 12.3 Å². The number of allylic oxidation sites excluding steroid dienone is 18. The van der Waals surface area contributed by atoms with E-state index in [1.165, 1.54) is 6.07 Å². The molecule has 1 saturated heterocycles. The molecule has 0 radical (unpaired) electrons. The topological polar surface area (TPSA) is 286 Å². The van der Waals surface area contributed by atoms with Crippen LogP contribution < -0.4 is 11.4 Å². The second-order valence-electron chi connectivity index (χ2n) is 17.1. The summed E-state index contributed by atoms with van der Waals surface area (Å²) < 4.78 is 56.6. The quantitative estimate of drug-likeness (QED) is 0.0117. The second kappa shape index (κ2) is 40.4. The maximum atomic E-state index is 12.9. The molecule has 0 amide bonds. The number of nitrogens with zero attached hydrogens (tertiary/aromatic N) is 2. The highest BCUT2D eigenvalue weighted by Gasteiger charge is 2.46. The van der Waals surface area contributed by atoms with Gasteiger partial charge in [0.1, 0.15) is 30.7 Å². The van der Waals surface area contributed by atoms with Gasteiger partial charge in [-0.25, -0.2) is 13.9 Å². The largest absolute Gasteiger partial charge is 0.481 e. The van der Waals surface area contributed by atoms with Crippen molar-refractivity contribution in [1.29, 1.82) is 0 Å². The summed E-state index contributed by atoms with van der Waals surface area (Å²) in [5, 5.41) is 31.0. The third kappa shape index (κ3) is 33.0. The number of ether oxygens (including phenoxy) is 3. The fourth-order valence-corrected chi connectivity index (χ4v) is 8.82. The normalized spacial score (nSPS) is 20.2. The number of nitrogens with two attached hydrogens (primary N) is 1. The van der Waals surface area contributed by atoms with Crippen LogP contribution in [0.15, 0.2) is 139 Å². The molecule has 0 spiro atoms. The van der Waals surface area contributed by atoms with Gasteiger partial charge >= 0.3 is 33.3 Å². The molecule has 1 fully saturated rings. The van der Waals surface area contributed by atoms with Crippen molar-refractivity contribution in [2.24, 2.45) is 0 Å². The van der Waals surface area contributed by atoms with Crippen LogP contribution in [-0.4, -0.2) is 96.9 Å². The summed E-state index contributed by atoms with van der Waals surface area (Å²) in [5.41, 5.74) is 4.57. The Morgan fingerprint density at radius 2 is 1.27 bits per heavy atom. The predicted octanol–water partition coefficient (Wildman–Crippen LogP) is 9.74. The van der Waals surface area contributed by atoms with Crippen LogP contribution in [0.4, 0.5) is 5.82 Å². The monoisotopic (exact) mass is 1090 g/mol. The van der Waals surface area contributed by atoms with E-state index in [1.807, 2.05) is 42.5 Å². The minimum absolute atomic E-state index is 0.0649. The number of unbranched alkanes of at least 4 members (excludes halogenated alkanes) is 4. The fourth-order valence-electron chi connectivity index (χ4n) is 6.71. The number of aliphatic hydroxyl groups excluding tert-OH is 3. The third-order valence-corrected chi connectivity index (χ3v) is 13.2. The van der Waals surface area contributed by atoms with Crippen molar-refractivity contribution >= 4 is 33.4 Å². The third-order valence-electron chi connectivity index (χ3n) is 10.6. The fraction of sp³-hybridized carbons (Fsp3) is 0.519. The van der Waals surface area contributed by atoms with Crippen molar-refractivity contribution in [3.8, 4) is 0 Å². The summed E-state index contributed by atoms with van der Waals surface area (Å²) in [6, 6.07) is 1.24. The molecule has 2 heterocycles. The first-order valence-electron chi connectivity index (χ1n) is 25.7. The molecular weight excluding hydrogens is 1010 g/mol. The van der Waals surface area contributed by atoms with E-state index in [0.717, 1.165) is 75.0 Å². The highest BCUT2D eigenvalue weighted by Crippen LogP contribution is 2.60. The van der Waals surface area contributed by atoms with Crippen LogP contribution in [0.3, 0.4) is 0 Å². The van der Waals surface area contributed by atoms with E-state index in [-0.39, 0.29) is 25.1 Å². The van der Waals surface area contributed by atoms with Gasteiger partial charge in [-0.1, -0.05) is 148 Å². The van der Waals surface area contributed by atoms with Crippen LogP contribution in [0.2, 0.25) is 0 Å². The lowest BCUT2D eigenvalue weighted by Crippen LogP contribution is -2.36. The van der Waals surface area contributed by atoms with Crippen molar-refractivity contribution in [2.45, 2.75) is 160 Å². The maximum Gasteiger partial charge on any atom is 0.481 e. The molecule has 2 rings (SSSR count). The molecule has 1 aliphatic rings. The van der Waals surface area contributed by atoms with Gasteiger partial charge in [-0.05, 0) is 89.5 Å². The summed E-state index contributed by atoms with van der Waals surface area (Å²) in [4.78, 5) is 61.9. The van der Waals surface area contributed by atoms with E-state index in [1.54, 1.807) is 18.2 Å². The molecule has 0 aromatic carbocycles. The van der Waals surface area contributed by atoms with E-state index in [0.29, 0.717) is 25.7 Å². The molecule has 418 valence electrons. The Labute approximate surface area is 442 Å². The smallest absolute Gasteiger partial charge is 0.462 e. The number of anilines is 1. The standard InChI is InChI=1S/C54H81N3O16P2/c1-3-5-7-9-11-12-13-14-15-16-17-18-19-23-26-30-34-38-49(59)68-42-46(71-50(60)39-35-31-27-24-21-20-22-25-29-33-37-45(58)36-32-28-10-8-6-4-2)43-69-74(64,65)73-75(66,67)70-44-47-51(61)52(62)53(72-47)57-41-40-48(55)56-54(57)63/h5-8,11-12,14-15,17-18,20-21,25,27-29,31-33,37,40-41,45-47,51-53,58,61-62H,3-4,9-10,13,16,19,22-24,26,30,34-36,38-39,42-44H2,1-2H3,(H,64,65)(H,66,67)(H2,55,56,63)/b7-5-,8-6-,12-11-,15-14-,18-17-,21-20-,29-25-,31-27-,32-28-,37-33+/t45?,46-,47-,51-,52-,53-/m1/s1. The summed E-state index contributed by atoms with van der Waals surface area (Å²) in [6.45, 7) is 1.74. The van der Waals surface area contributed by atoms with E-state index in [4.69, 9.17) is 29.0 Å². The van der Waals surface area contributed by atoms with Gasteiger partial charge in [-0.15, -0.1) is 0 Å². The van der Waals surface area contributed by atoms with Crippen molar-refractivity contribution in [3.63, 3.8) is 0 Å². The average Bonchev–Trinajstić information content (AvgIpc) is 3.64. The second-order valence-corrected chi connectivity index (χ2v) is 20.1. The summed E-state index contributed by atoms with van der Waals surface area (Å²) >= 11 is 0. The lowest BCUT2D eigenvalue weighted by Gasteiger charge is -2.21. The number of hydrogen-bond donors (Lipinski definition) is 6. The summed E-state index contributed by atoms with van der Waals surface area (Å²) in [5.74, 6) is -1.48. The number of phosphoric ester groups is 2. The van der Waals surface area contributed by atoms with Crippen LogP contribution in [0.1, 0.15) is 129 Å². The number of nitrogen functional groups attached to an aromatic ring is 1. The molecule has 3 unspecified atom stereocenters. The first kappa shape index (κ1) is 66.2. The van der Waals surface area contributed by atoms with E-state index < -0.39 is 89.8 Å². The maximum absolute atomic E-state index is 12.9. The van der Waals surface area contributed by atoms with Crippen LogP contribution in [-0.2, 0) is 46.3 Å². The zero-order valence-corrected chi connectivity index (χ0v) is 45.2. The summed E-state index contributed by atoms with van der Waals surface area (Å²) in [6.07, 6.45) is 44.6. The number of phosphoric acid groups is 2. The van der Waals surface area contributed by atoms with E-state index >= 15 is 0 Å². The number of carbonyl (C=O) groups is 2. The number of esters is 2. The minimum atomic E-state index is -5.47. The zero-order valence-electron chi connectivity index (χ0n) is 43.4. The molecule has 7 N–H and O–H groups in total. The first-order chi connectivity index (χ1) is 36.1. The van der Waals surface area contributed by atoms with Gasteiger partial charge in [0.25, 0.3) is 0 Å². The van der Waals surface area contributed by atoms with Crippen molar-refractivity contribution in [1.82, 2.24) is 9.55 Å². The molecular formula is C54H81N3O16P2. The molecule has 1 aliphatic heterocycles. The highest BCUT2D eigenvalue weighted by atomic mass is 31.3. The van der Waals surface area contributed by atoms with Crippen molar-refractivity contribution in [2.75, 3.05) is 25.6 Å². The Bertz CT molecular complexity index is 2250. The van der Waals surface area contributed by atoms with Crippen molar-refractivity contribution in [3.05, 3.63) is 144 Å². The average molecular weight is 1090 g/mol. The number of hydrogen-bond acceptors (Lipinski definition) is 16. The Kier molecular flexibility index (Phi) is 35.7. The molecule has 19 nitrogen and oxygen atoms in total. The van der Waals surface area contributed by atoms with Crippen LogP contribution >= 0.6 is 15.6 Å². The van der Waals surface area contributed by atoms with Crippen LogP contribution in [0, 0.1) is 0 Å². The Morgan fingerprint density at radius 3 is 1.89 bits per heavy atom. The Morgan fingerprint density at radius 1 is 0.707 bits per heavy atom. The highest BCUT2D eigenvalue weighted by molar-refractivity contribution is 7.61. The van der Waals surface area contributed by atoms with E-state index in [2.05, 4.69) is 83.9 Å². The lowest BCUT2D eigenvalue weighted by atomic mass is 10.1. The molecule has 75 heavy (non-hydrogen) atoms. The van der Waals surface area contributed by atoms with Gasteiger partial charge in [-0.2, -0.15) is 9.29 Å². The molecule has 0 aliphatic carbocycles. The van der Waals surface area contributed by atoms with Gasteiger partial charge in [0, 0.05) is 19.0 Å². The molecule has 0 bridgehead atoms. The lowest BCUT2D eigenvalue weighted by molar-refractivity contribution is -0.161. The molecule has 8 atom stereocenters.